The van der Waals surface area contributed by atoms with Crippen LogP contribution in [0.1, 0.15) is 25.7 Å². The Bertz CT molecular complexity index is 425. The number of piperazine rings is 1. The summed E-state index contributed by atoms with van der Waals surface area (Å²) >= 11 is 0. The van der Waals surface area contributed by atoms with Gasteiger partial charge >= 0.3 is 7.12 Å². The Morgan fingerprint density at radius 2 is 1.70 bits per heavy atom. The molecule has 1 aliphatic rings. The van der Waals surface area contributed by atoms with Crippen molar-refractivity contribution in [1.82, 2.24) is 4.90 Å². The molecule has 1 aromatic rings. The van der Waals surface area contributed by atoms with Gasteiger partial charge in [-0.25, -0.2) is 0 Å². The number of benzene rings is 1. The summed E-state index contributed by atoms with van der Waals surface area (Å²) in [6.07, 6.45) is 4.25. The standard InChI is InChI=1S/C17H30BN3O2/c19-16(6-4-5-10-18(22)23)9-11-20-12-14-21(15-13-20)17-7-2-1-3-8-17/h1-3,7-8,16,22-23H,4-6,9-15,19H2. The highest BCUT2D eigenvalue weighted by Crippen LogP contribution is 2.16. The Balaban J connectivity index is 1.57. The molecule has 0 aromatic heterocycles. The number of unbranched alkanes of at least 4 members (excludes halogenated alkanes) is 1. The molecule has 5 nitrogen and oxygen atoms in total. The molecule has 1 atom stereocenters. The Hall–Kier alpha value is -1.08. The Labute approximate surface area is 140 Å². The van der Waals surface area contributed by atoms with Crippen LogP contribution in [0.25, 0.3) is 0 Å². The maximum absolute atomic E-state index is 8.81. The van der Waals surface area contributed by atoms with E-state index in [0.29, 0.717) is 6.32 Å². The third-order valence-corrected chi connectivity index (χ3v) is 4.60. The lowest BCUT2D eigenvalue weighted by molar-refractivity contribution is 0.246. The van der Waals surface area contributed by atoms with E-state index in [-0.39, 0.29) is 6.04 Å². The fourth-order valence-electron chi connectivity index (χ4n) is 3.09. The lowest BCUT2D eigenvalue weighted by Crippen LogP contribution is -2.47. The Morgan fingerprint density at radius 3 is 2.35 bits per heavy atom. The van der Waals surface area contributed by atoms with Crippen molar-refractivity contribution < 1.29 is 10.0 Å². The van der Waals surface area contributed by atoms with E-state index in [9.17, 15) is 0 Å². The van der Waals surface area contributed by atoms with Gasteiger partial charge in [0.1, 0.15) is 0 Å². The normalized spacial score (nSPS) is 17.3. The first-order chi connectivity index (χ1) is 11.1. The van der Waals surface area contributed by atoms with Gasteiger partial charge in [-0.2, -0.15) is 0 Å². The van der Waals surface area contributed by atoms with Gasteiger partial charge in [0.25, 0.3) is 0 Å². The van der Waals surface area contributed by atoms with Crippen LogP contribution < -0.4 is 10.6 Å². The first-order valence-electron chi connectivity index (χ1n) is 8.79. The van der Waals surface area contributed by atoms with Gasteiger partial charge < -0.3 is 20.7 Å². The smallest absolute Gasteiger partial charge is 0.427 e. The fourth-order valence-corrected chi connectivity index (χ4v) is 3.09. The molecule has 0 spiro atoms. The molecule has 0 bridgehead atoms. The van der Waals surface area contributed by atoms with Crippen LogP contribution in [0.3, 0.4) is 0 Å². The predicted octanol–water partition coefficient (Wildman–Crippen LogP) is 1.17. The number of anilines is 1. The van der Waals surface area contributed by atoms with Crippen LogP contribution in [0.5, 0.6) is 0 Å². The molecule has 1 aliphatic heterocycles. The minimum absolute atomic E-state index is 0.220. The van der Waals surface area contributed by atoms with Crippen molar-refractivity contribution in [2.45, 2.75) is 38.0 Å². The first-order valence-corrected chi connectivity index (χ1v) is 8.79. The molecule has 1 aromatic carbocycles. The number of nitrogens with zero attached hydrogens (tertiary/aromatic N) is 2. The first kappa shape index (κ1) is 18.3. The lowest BCUT2D eigenvalue weighted by Gasteiger charge is -2.36. The molecule has 6 heteroatoms. The maximum atomic E-state index is 8.81. The number of nitrogens with two attached hydrogens (primary N) is 1. The average molecular weight is 319 g/mol. The third kappa shape index (κ3) is 6.91. The van der Waals surface area contributed by atoms with Crippen molar-refractivity contribution in [1.29, 1.82) is 0 Å². The second-order valence-corrected chi connectivity index (χ2v) is 6.48. The molecule has 1 saturated heterocycles. The largest absolute Gasteiger partial charge is 0.451 e. The highest BCUT2D eigenvalue weighted by molar-refractivity contribution is 6.40. The SMILES string of the molecule is NC(CCCCB(O)O)CCN1CCN(c2ccccc2)CC1. The van der Waals surface area contributed by atoms with Crippen LogP contribution in [0.2, 0.25) is 6.32 Å². The van der Waals surface area contributed by atoms with Gasteiger partial charge in [0.2, 0.25) is 0 Å². The monoisotopic (exact) mass is 319 g/mol. The lowest BCUT2D eigenvalue weighted by atomic mass is 9.83. The van der Waals surface area contributed by atoms with E-state index in [4.69, 9.17) is 15.8 Å². The molecule has 0 amide bonds. The number of rotatable bonds is 9. The van der Waals surface area contributed by atoms with Crippen molar-refractivity contribution in [3.05, 3.63) is 30.3 Å². The van der Waals surface area contributed by atoms with Crippen molar-refractivity contribution in [3.63, 3.8) is 0 Å². The number of para-hydroxylation sites is 1. The molecule has 2 rings (SSSR count). The summed E-state index contributed by atoms with van der Waals surface area (Å²) in [5.74, 6) is 0. The molecule has 128 valence electrons. The van der Waals surface area contributed by atoms with Crippen molar-refractivity contribution >= 4 is 12.8 Å². The van der Waals surface area contributed by atoms with Crippen LogP contribution >= 0.6 is 0 Å². The van der Waals surface area contributed by atoms with E-state index in [1.165, 1.54) is 5.69 Å². The summed E-state index contributed by atoms with van der Waals surface area (Å²) in [6.45, 7) is 5.41. The molecule has 23 heavy (non-hydrogen) atoms. The second kappa shape index (κ2) is 9.93. The molecule has 0 radical (unpaired) electrons. The molecule has 1 unspecified atom stereocenters. The molecular weight excluding hydrogens is 289 g/mol. The van der Waals surface area contributed by atoms with E-state index in [1.54, 1.807) is 0 Å². The van der Waals surface area contributed by atoms with Gasteiger partial charge in [0.15, 0.2) is 0 Å². The molecule has 0 aliphatic carbocycles. The van der Waals surface area contributed by atoms with Crippen molar-refractivity contribution in [2.75, 3.05) is 37.6 Å². The van der Waals surface area contributed by atoms with E-state index in [2.05, 4.69) is 40.1 Å². The minimum Gasteiger partial charge on any atom is -0.427 e. The molecule has 4 N–H and O–H groups in total. The number of hydrogen-bond donors (Lipinski definition) is 3. The summed E-state index contributed by atoms with van der Waals surface area (Å²) in [5, 5.41) is 17.6. The Kier molecular flexibility index (Phi) is 7.89. The average Bonchev–Trinajstić information content (AvgIpc) is 2.58. The van der Waals surface area contributed by atoms with Crippen molar-refractivity contribution in [3.8, 4) is 0 Å². The maximum Gasteiger partial charge on any atom is 0.451 e. The summed E-state index contributed by atoms with van der Waals surface area (Å²) in [5.41, 5.74) is 7.48. The molecule has 1 fully saturated rings. The Morgan fingerprint density at radius 1 is 1.00 bits per heavy atom. The summed E-state index contributed by atoms with van der Waals surface area (Å²) in [4.78, 5) is 4.94. The van der Waals surface area contributed by atoms with Gasteiger partial charge in [-0.15, -0.1) is 0 Å². The van der Waals surface area contributed by atoms with Crippen LogP contribution in [-0.4, -0.2) is 60.8 Å². The zero-order valence-corrected chi connectivity index (χ0v) is 14.0. The van der Waals surface area contributed by atoms with Crippen LogP contribution in [0.15, 0.2) is 30.3 Å². The summed E-state index contributed by atoms with van der Waals surface area (Å²) in [6, 6.07) is 10.8. The zero-order valence-electron chi connectivity index (χ0n) is 14.0. The van der Waals surface area contributed by atoms with Gasteiger partial charge in [0.05, 0.1) is 0 Å². The van der Waals surface area contributed by atoms with Crippen LogP contribution in [-0.2, 0) is 0 Å². The van der Waals surface area contributed by atoms with Gasteiger partial charge in [-0.05, 0) is 37.8 Å². The third-order valence-electron chi connectivity index (χ3n) is 4.60. The molecular formula is C17H30BN3O2. The topological polar surface area (TPSA) is 73.0 Å². The van der Waals surface area contributed by atoms with Crippen LogP contribution in [0.4, 0.5) is 5.69 Å². The minimum atomic E-state index is -1.17. The second-order valence-electron chi connectivity index (χ2n) is 6.48. The molecule has 0 saturated carbocycles. The fraction of sp³-hybridized carbons (Fsp3) is 0.647. The van der Waals surface area contributed by atoms with E-state index in [0.717, 1.165) is 58.4 Å². The van der Waals surface area contributed by atoms with Crippen molar-refractivity contribution in [2.24, 2.45) is 5.73 Å². The van der Waals surface area contributed by atoms with Gasteiger partial charge in [-0.3, -0.25) is 4.90 Å². The van der Waals surface area contributed by atoms with Gasteiger partial charge in [-0.1, -0.05) is 31.0 Å². The zero-order chi connectivity index (χ0) is 16.5. The van der Waals surface area contributed by atoms with Gasteiger partial charge in [0, 0.05) is 37.9 Å². The van der Waals surface area contributed by atoms with Crippen LogP contribution in [0, 0.1) is 0 Å². The molecule has 1 heterocycles. The quantitative estimate of drug-likeness (QED) is 0.471. The highest BCUT2D eigenvalue weighted by atomic mass is 16.4. The predicted molar refractivity (Wildman–Crippen MR) is 96.5 cm³/mol. The highest BCUT2D eigenvalue weighted by Gasteiger charge is 2.17. The summed E-state index contributed by atoms with van der Waals surface area (Å²) in [7, 11) is -1.17. The number of hydrogen-bond acceptors (Lipinski definition) is 5. The van der Waals surface area contributed by atoms with E-state index in [1.807, 2.05) is 0 Å². The van der Waals surface area contributed by atoms with E-state index >= 15 is 0 Å². The summed E-state index contributed by atoms with van der Waals surface area (Å²) < 4.78 is 0. The van der Waals surface area contributed by atoms with E-state index < -0.39 is 7.12 Å².